The number of hydrogen-bond donors (Lipinski definition) is 2. The second kappa shape index (κ2) is 8.48. The van der Waals surface area contributed by atoms with Gasteiger partial charge in [-0.15, -0.1) is 0 Å². The fourth-order valence-electron chi connectivity index (χ4n) is 2.61. The van der Waals surface area contributed by atoms with Crippen LogP contribution in [0.15, 0.2) is 54.6 Å². The molecule has 0 spiro atoms. The van der Waals surface area contributed by atoms with Gasteiger partial charge in [-0.2, -0.15) is 0 Å². The van der Waals surface area contributed by atoms with Gasteiger partial charge >= 0.3 is 0 Å². The molecular formula is C19H26N2. The highest BCUT2D eigenvalue weighted by Crippen LogP contribution is 2.21. The van der Waals surface area contributed by atoms with Crippen molar-refractivity contribution in [2.45, 2.75) is 38.6 Å². The maximum atomic E-state index is 5.92. The van der Waals surface area contributed by atoms with E-state index < -0.39 is 0 Å². The van der Waals surface area contributed by atoms with Crippen molar-refractivity contribution < 1.29 is 0 Å². The summed E-state index contributed by atoms with van der Waals surface area (Å²) in [6, 6.07) is 19.3. The first-order chi connectivity index (χ1) is 10.3. The molecule has 2 aromatic rings. The lowest BCUT2D eigenvalue weighted by atomic mass is 10.00. The van der Waals surface area contributed by atoms with E-state index in [4.69, 9.17) is 5.73 Å². The van der Waals surface area contributed by atoms with Crippen LogP contribution in [0, 0.1) is 0 Å². The molecule has 0 saturated heterocycles. The van der Waals surface area contributed by atoms with Crippen molar-refractivity contribution in [1.82, 2.24) is 5.32 Å². The van der Waals surface area contributed by atoms with Crippen LogP contribution in [0.5, 0.6) is 0 Å². The number of rotatable bonds is 8. The molecule has 0 heterocycles. The number of nitrogen functional groups attached to an aromatic ring is 1. The van der Waals surface area contributed by atoms with Gasteiger partial charge in [0.25, 0.3) is 0 Å². The van der Waals surface area contributed by atoms with E-state index in [0.29, 0.717) is 6.04 Å². The van der Waals surface area contributed by atoms with Gasteiger partial charge in [0, 0.05) is 11.7 Å². The Kier molecular flexibility index (Phi) is 6.29. The molecule has 112 valence electrons. The molecule has 0 amide bonds. The van der Waals surface area contributed by atoms with Gasteiger partial charge in [-0.3, -0.25) is 0 Å². The second-order valence-electron chi connectivity index (χ2n) is 5.55. The van der Waals surface area contributed by atoms with Crippen LogP contribution in [-0.2, 0) is 6.42 Å². The van der Waals surface area contributed by atoms with Crippen LogP contribution in [0.3, 0.4) is 0 Å². The maximum Gasteiger partial charge on any atom is 0.0321 e. The SMILES string of the molecule is CCCCC(NCCc1ccccc1)c1cccc(N)c1. The van der Waals surface area contributed by atoms with Gasteiger partial charge in [0.05, 0.1) is 0 Å². The highest BCUT2D eigenvalue weighted by atomic mass is 14.9. The fourth-order valence-corrected chi connectivity index (χ4v) is 2.61. The molecule has 1 unspecified atom stereocenters. The van der Waals surface area contributed by atoms with Crippen LogP contribution in [0.4, 0.5) is 5.69 Å². The van der Waals surface area contributed by atoms with Gasteiger partial charge < -0.3 is 11.1 Å². The zero-order chi connectivity index (χ0) is 14.9. The van der Waals surface area contributed by atoms with Crippen LogP contribution in [0.2, 0.25) is 0 Å². The van der Waals surface area contributed by atoms with Crippen LogP contribution >= 0.6 is 0 Å². The Morgan fingerprint density at radius 1 is 1.05 bits per heavy atom. The van der Waals surface area contributed by atoms with Gasteiger partial charge in [-0.25, -0.2) is 0 Å². The maximum absolute atomic E-state index is 5.92. The summed E-state index contributed by atoms with van der Waals surface area (Å²) in [4.78, 5) is 0. The molecule has 0 aromatic heterocycles. The normalized spacial score (nSPS) is 12.2. The lowest BCUT2D eigenvalue weighted by Crippen LogP contribution is -2.24. The number of anilines is 1. The summed E-state index contributed by atoms with van der Waals surface area (Å²) in [5.74, 6) is 0. The predicted molar refractivity (Wildman–Crippen MR) is 91.3 cm³/mol. The summed E-state index contributed by atoms with van der Waals surface area (Å²) >= 11 is 0. The monoisotopic (exact) mass is 282 g/mol. The first-order valence-electron chi connectivity index (χ1n) is 7.92. The number of unbranched alkanes of at least 4 members (excludes halogenated alkanes) is 1. The van der Waals surface area contributed by atoms with Gasteiger partial charge in [0.15, 0.2) is 0 Å². The molecule has 2 aromatic carbocycles. The molecule has 2 rings (SSSR count). The molecule has 3 N–H and O–H groups in total. The first-order valence-corrected chi connectivity index (χ1v) is 7.92. The molecule has 0 saturated carbocycles. The van der Waals surface area contributed by atoms with E-state index in [1.165, 1.54) is 24.0 Å². The van der Waals surface area contributed by atoms with Crippen LogP contribution in [-0.4, -0.2) is 6.54 Å². The van der Waals surface area contributed by atoms with E-state index in [-0.39, 0.29) is 0 Å². The third kappa shape index (κ3) is 5.24. The Balaban J connectivity index is 1.93. The van der Waals surface area contributed by atoms with Gasteiger partial charge in [0.2, 0.25) is 0 Å². The summed E-state index contributed by atoms with van der Waals surface area (Å²) in [6.07, 6.45) is 4.68. The van der Waals surface area contributed by atoms with Crippen molar-refractivity contribution in [2.24, 2.45) is 0 Å². The zero-order valence-corrected chi connectivity index (χ0v) is 12.9. The van der Waals surface area contributed by atoms with Crippen molar-refractivity contribution in [3.05, 3.63) is 65.7 Å². The Morgan fingerprint density at radius 3 is 2.57 bits per heavy atom. The minimum Gasteiger partial charge on any atom is -0.399 e. The molecule has 21 heavy (non-hydrogen) atoms. The zero-order valence-electron chi connectivity index (χ0n) is 12.9. The van der Waals surface area contributed by atoms with Crippen molar-refractivity contribution >= 4 is 5.69 Å². The summed E-state index contributed by atoms with van der Waals surface area (Å²) in [6.45, 7) is 3.23. The van der Waals surface area contributed by atoms with E-state index in [1.54, 1.807) is 0 Å². The standard InChI is InChI=1S/C19H26N2/c1-2-3-12-19(17-10-7-11-18(20)15-17)21-14-13-16-8-5-4-6-9-16/h4-11,15,19,21H,2-3,12-14,20H2,1H3. The Bertz CT molecular complexity index is 522. The Morgan fingerprint density at radius 2 is 1.86 bits per heavy atom. The van der Waals surface area contributed by atoms with Crippen molar-refractivity contribution in [3.8, 4) is 0 Å². The first kappa shape index (κ1) is 15.6. The largest absolute Gasteiger partial charge is 0.399 e. The molecule has 0 radical (unpaired) electrons. The van der Waals surface area contributed by atoms with Crippen molar-refractivity contribution in [1.29, 1.82) is 0 Å². The molecule has 0 fully saturated rings. The highest BCUT2D eigenvalue weighted by molar-refractivity contribution is 5.41. The third-order valence-corrected chi connectivity index (χ3v) is 3.81. The minimum atomic E-state index is 0.400. The molecule has 2 heteroatoms. The van der Waals surface area contributed by atoms with E-state index in [2.05, 4.69) is 54.7 Å². The molecule has 0 aliphatic heterocycles. The van der Waals surface area contributed by atoms with Crippen LogP contribution < -0.4 is 11.1 Å². The number of nitrogens with two attached hydrogens (primary N) is 1. The smallest absolute Gasteiger partial charge is 0.0321 e. The molecular weight excluding hydrogens is 256 g/mol. The van der Waals surface area contributed by atoms with E-state index in [1.807, 2.05) is 12.1 Å². The average molecular weight is 282 g/mol. The molecule has 0 aliphatic carbocycles. The molecule has 2 nitrogen and oxygen atoms in total. The Hall–Kier alpha value is -1.80. The van der Waals surface area contributed by atoms with Gasteiger partial charge in [0.1, 0.15) is 0 Å². The second-order valence-corrected chi connectivity index (χ2v) is 5.55. The summed E-state index contributed by atoms with van der Waals surface area (Å²) < 4.78 is 0. The van der Waals surface area contributed by atoms with Crippen LogP contribution in [0.25, 0.3) is 0 Å². The number of benzene rings is 2. The highest BCUT2D eigenvalue weighted by Gasteiger charge is 2.10. The predicted octanol–water partition coefficient (Wildman–Crippen LogP) is 4.33. The van der Waals surface area contributed by atoms with Gasteiger partial charge in [-0.1, -0.05) is 62.2 Å². The van der Waals surface area contributed by atoms with Crippen molar-refractivity contribution in [3.63, 3.8) is 0 Å². The van der Waals surface area contributed by atoms with E-state index in [9.17, 15) is 0 Å². The summed E-state index contributed by atoms with van der Waals surface area (Å²) in [5, 5.41) is 3.69. The molecule has 0 bridgehead atoms. The number of hydrogen-bond acceptors (Lipinski definition) is 2. The van der Waals surface area contributed by atoms with Crippen LogP contribution in [0.1, 0.15) is 43.4 Å². The lowest BCUT2D eigenvalue weighted by Gasteiger charge is -2.19. The van der Waals surface area contributed by atoms with Gasteiger partial charge in [-0.05, 0) is 42.6 Å². The van der Waals surface area contributed by atoms with E-state index >= 15 is 0 Å². The molecule has 1 atom stereocenters. The fraction of sp³-hybridized carbons (Fsp3) is 0.368. The average Bonchev–Trinajstić information content (AvgIpc) is 2.51. The quantitative estimate of drug-likeness (QED) is 0.707. The number of nitrogens with one attached hydrogen (secondary N) is 1. The molecule has 0 aliphatic rings. The Labute approximate surface area is 128 Å². The summed E-state index contributed by atoms with van der Waals surface area (Å²) in [5.41, 5.74) is 9.45. The topological polar surface area (TPSA) is 38.0 Å². The van der Waals surface area contributed by atoms with Crippen molar-refractivity contribution in [2.75, 3.05) is 12.3 Å². The van der Waals surface area contributed by atoms with E-state index in [0.717, 1.165) is 25.1 Å². The lowest BCUT2D eigenvalue weighted by molar-refractivity contribution is 0.484. The summed E-state index contributed by atoms with van der Waals surface area (Å²) in [7, 11) is 0. The minimum absolute atomic E-state index is 0.400. The third-order valence-electron chi connectivity index (χ3n) is 3.81.